The van der Waals surface area contributed by atoms with Crippen LogP contribution in [0.1, 0.15) is 37.7 Å². The van der Waals surface area contributed by atoms with E-state index in [-0.39, 0.29) is 23.8 Å². The predicted octanol–water partition coefficient (Wildman–Crippen LogP) is 1.84. The SMILES string of the molecule is O=C(O)[C@@H]1CC[C@H](C(=O)NC2CCN(C(=O)CCc3ccccc3)C2)C1. The normalized spacial score (nSPS) is 25.2. The van der Waals surface area contributed by atoms with E-state index in [1.807, 2.05) is 35.2 Å². The molecule has 1 aromatic rings. The van der Waals surface area contributed by atoms with E-state index in [1.54, 1.807) is 0 Å². The molecule has 2 aliphatic rings. The lowest BCUT2D eigenvalue weighted by Gasteiger charge is -2.18. The molecule has 2 fully saturated rings. The maximum Gasteiger partial charge on any atom is 0.306 e. The van der Waals surface area contributed by atoms with Crippen LogP contribution in [0.4, 0.5) is 0 Å². The van der Waals surface area contributed by atoms with Crippen LogP contribution in [0.5, 0.6) is 0 Å². The summed E-state index contributed by atoms with van der Waals surface area (Å²) in [7, 11) is 0. The summed E-state index contributed by atoms with van der Waals surface area (Å²) in [6, 6.07) is 9.92. The molecule has 3 rings (SSSR count). The minimum atomic E-state index is -0.809. The number of carboxylic acids is 1. The van der Waals surface area contributed by atoms with E-state index >= 15 is 0 Å². The summed E-state index contributed by atoms with van der Waals surface area (Å²) >= 11 is 0. The van der Waals surface area contributed by atoms with Crippen LogP contribution in [0.2, 0.25) is 0 Å². The van der Waals surface area contributed by atoms with Crippen molar-refractivity contribution in [2.24, 2.45) is 11.8 Å². The van der Waals surface area contributed by atoms with Gasteiger partial charge in [0, 0.05) is 31.5 Å². The highest BCUT2D eigenvalue weighted by Gasteiger charge is 2.35. The molecule has 1 aromatic carbocycles. The first-order chi connectivity index (χ1) is 12.5. The summed E-state index contributed by atoms with van der Waals surface area (Å²) < 4.78 is 0. The number of carbonyl (C=O) groups excluding carboxylic acids is 2. The predicted molar refractivity (Wildman–Crippen MR) is 96.4 cm³/mol. The third kappa shape index (κ3) is 4.62. The molecule has 1 saturated carbocycles. The van der Waals surface area contributed by atoms with E-state index in [2.05, 4.69) is 5.32 Å². The third-order valence-corrected chi connectivity index (χ3v) is 5.51. The number of rotatable bonds is 6. The van der Waals surface area contributed by atoms with Crippen LogP contribution < -0.4 is 5.32 Å². The summed E-state index contributed by atoms with van der Waals surface area (Å²) in [6.07, 6.45) is 3.60. The Morgan fingerprint density at radius 1 is 1.08 bits per heavy atom. The van der Waals surface area contributed by atoms with Gasteiger partial charge in [-0.1, -0.05) is 30.3 Å². The van der Waals surface area contributed by atoms with Crippen LogP contribution in [0, 0.1) is 11.8 Å². The second-order valence-electron chi connectivity index (χ2n) is 7.36. The van der Waals surface area contributed by atoms with Crippen molar-refractivity contribution >= 4 is 17.8 Å². The molecular weight excluding hydrogens is 332 g/mol. The molecule has 1 aliphatic carbocycles. The van der Waals surface area contributed by atoms with E-state index in [4.69, 9.17) is 5.11 Å². The number of nitrogens with zero attached hydrogens (tertiary/aromatic N) is 1. The Kier molecular flexibility index (Phi) is 5.91. The lowest BCUT2D eigenvalue weighted by molar-refractivity contribution is -0.141. The zero-order valence-electron chi connectivity index (χ0n) is 14.9. The van der Waals surface area contributed by atoms with Gasteiger partial charge in [0.1, 0.15) is 0 Å². The smallest absolute Gasteiger partial charge is 0.306 e. The molecule has 140 valence electrons. The lowest BCUT2D eigenvalue weighted by atomic mass is 10.0. The fraction of sp³-hybridized carbons (Fsp3) is 0.550. The maximum absolute atomic E-state index is 12.4. The molecule has 6 heteroatoms. The second-order valence-corrected chi connectivity index (χ2v) is 7.36. The highest BCUT2D eigenvalue weighted by atomic mass is 16.4. The summed E-state index contributed by atoms with van der Waals surface area (Å²) in [5.41, 5.74) is 1.15. The molecule has 2 N–H and O–H groups in total. The molecule has 0 spiro atoms. The van der Waals surface area contributed by atoms with Crippen LogP contribution in [-0.4, -0.2) is 46.9 Å². The fourth-order valence-corrected chi connectivity index (χ4v) is 3.92. The maximum atomic E-state index is 12.4. The molecule has 0 radical (unpaired) electrons. The van der Waals surface area contributed by atoms with Crippen LogP contribution in [0.15, 0.2) is 30.3 Å². The molecular formula is C20H26N2O4. The van der Waals surface area contributed by atoms with Crippen molar-refractivity contribution < 1.29 is 19.5 Å². The largest absolute Gasteiger partial charge is 0.481 e. The molecule has 1 heterocycles. The average molecular weight is 358 g/mol. The first-order valence-electron chi connectivity index (χ1n) is 9.38. The molecule has 1 unspecified atom stereocenters. The minimum Gasteiger partial charge on any atom is -0.481 e. The quantitative estimate of drug-likeness (QED) is 0.812. The molecule has 3 atom stereocenters. The Hall–Kier alpha value is -2.37. The van der Waals surface area contributed by atoms with Gasteiger partial charge in [-0.2, -0.15) is 0 Å². The molecule has 1 saturated heterocycles. The number of carboxylic acid groups (broad SMARTS) is 1. The van der Waals surface area contributed by atoms with Crippen molar-refractivity contribution in [1.29, 1.82) is 0 Å². The highest BCUT2D eigenvalue weighted by molar-refractivity contribution is 5.81. The summed E-state index contributed by atoms with van der Waals surface area (Å²) in [5, 5.41) is 12.1. The van der Waals surface area contributed by atoms with E-state index in [0.29, 0.717) is 38.8 Å². The molecule has 0 bridgehead atoms. The minimum absolute atomic E-state index is 0.0212. The van der Waals surface area contributed by atoms with Crippen molar-refractivity contribution in [3.05, 3.63) is 35.9 Å². The number of aliphatic carboxylic acids is 1. The Labute approximate surface area is 153 Å². The molecule has 6 nitrogen and oxygen atoms in total. The van der Waals surface area contributed by atoms with Crippen molar-refractivity contribution in [2.45, 2.75) is 44.6 Å². The Balaban J connectivity index is 1.41. The average Bonchev–Trinajstić information content (AvgIpc) is 3.30. The number of benzene rings is 1. The van der Waals surface area contributed by atoms with Gasteiger partial charge in [-0.15, -0.1) is 0 Å². The lowest BCUT2D eigenvalue weighted by Crippen LogP contribution is -2.41. The van der Waals surface area contributed by atoms with Crippen LogP contribution >= 0.6 is 0 Å². The number of carbonyl (C=O) groups is 3. The van der Waals surface area contributed by atoms with E-state index in [1.165, 1.54) is 0 Å². The van der Waals surface area contributed by atoms with Gasteiger partial charge in [-0.25, -0.2) is 0 Å². The van der Waals surface area contributed by atoms with Gasteiger partial charge < -0.3 is 15.3 Å². The van der Waals surface area contributed by atoms with E-state index in [0.717, 1.165) is 18.4 Å². The van der Waals surface area contributed by atoms with Crippen molar-refractivity contribution in [3.63, 3.8) is 0 Å². The Morgan fingerprint density at radius 2 is 1.81 bits per heavy atom. The van der Waals surface area contributed by atoms with Crippen molar-refractivity contribution in [3.8, 4) is 0 Å². The zero-order valence-corrected chi connectivity index (χ0v) is 14.9. The monoisotopic (exact) mass is 358 g/mol. The second kappa shape index (κ2) is 8.34. The van der Waals surface area contributed by atoms with Gasteiger partial charge in [-0.05, 0) is 37.7 Å². The van der Waals surface area contributed by atoms with Crippen LogP contribution in [-0.2, 0) is 20.8 Å². The summed E-state index contributed by atoms with van der Waals surface area (Å²) in [6.45, 7) is 1.22. The van der Waals surface area contributed by atoms with E-state index < -0.39 is 11.9 Å². The molecule has 2 amide bonds. The molecule has 26 heavy (non-hydrogen) atoms. The number of amides is 2. The number of likely N-dealkylation sites (tertiary alicyclic amines) is 1. The van der Waals surface area contributed by atoms with Gasteiger partial charge in [0.2, 0.25) is 11.8 Å². The Bertz CT molecular complexity index is 661. The molecule has 1 aliphatic heterocycles. The Morgan fingerprint density at radius 3 is 2.50 bits per heavy atom. The van der Waals surface area contributed by atoms with Gasteiger partial charge in [0.15, 0.2) is 0 Å². The first kappa shape index (κ1) is 18.4. The van der Waals surface area contributed by atoms with E-state index in [9.17, 15) is 14.4 Å². The third-order valence-electron chi connectivity index (χ3n) is 5.51. The highest BCUT2D eigenvalue weighted by Crippen LogP contribution is 2.31. The van der Waals surface area contributed by atoms with Gasteiger partial charge in [-0.3, -0.25) is 14.4 Å². The first-order valence-corrected chi connectivity index (χ1v) is 9.38. The molecule has 0 aromatic heterocycles. The topological polar surface area (TPSA) is 86.7 Å². The van der Waals surface area contributed by atoms with Crippen molar-refractivity contribution in [1.82, 2.24) is 10.2 Å². The van der Waals surface area contributed by atoms with Crippen LogP contribution in [0.25, 0.3) is 0 Å². The summed E-state index contributed by atoms with van der Waals surface area (Å²) in [5.74, 6) is -1.35. The fourth-order valence-electron chi connectivity index (χ4n) is 3.92. The van der Waals surface area contributed by atoms with Gasteiger partial charge in [0.25, 0.3) is 0 Å². The van der Waals surface area contributed by atoms with Crippen molar-refractivity contribution in [2.75, 3.05) is 13.1 Å². The van der Waals surface area contributed by atoms with Gasteiger partial charge in [0.05, 0.1) is 5.92 Å². The zero-order chi connectivity index (χ0) is 18.5. The van der Waals surface area contributed by atoms with Gasteiger partial charge >= 0.3 is 5.97 Å². The standard InChI is InChI=1S/C20H26N2O4/c23-18(9-6-14-4-2-1-3-5-14)22-11-10-17(13-22)21-19(24)15-7-8-16(12-15)20(25)26/h1-5,15-17H,6-13H2,(H,21,24)(H,25,26)/t15-,16+,17?/m0/s1. The number of hydrogen-bond acceptors (Lipinski definition) is 3. The number of hydrogen-bond donors (Lipinski definition) is 2. The summed E-state index contributed by atoms with van der Waals surface area (Å²) in [4.78, 5) is 37.6. The number of nitrogens with one attached hydrogen (secondary N) is 1. The number of aryl methyl sites for hydroxylation is 1. The van der Waals surface area contributed by atoms with Crippen LogP contribution in [0.3, 0.4) is 0 Å².